The van der Waals surface area contributed by atoms with E-state index in [4.69, 9.17) is 0 Å². The van der Waals surface area contributed by atoms with Gasteiger partial charge in [-0.2, -0.15) is 5.10 Å². The number of hydrogen-bond acceptors (Lipinski definition) is 5. The number of amides is 1. The zero-order valence-electron chi connectivity index (χ0n) is 16.7. The summed E-state index contributed by atoms with van der Waals surface area (Å²) in [6.07, 6.45) is 8.70. The number of carbonyl (C=O) groups excluding carboxylic acids is 2. The minimum absolute atomic E-state index is 0.225. The summed E-state index contributed by atoms with van der Waals surface area (Å²) in [5, 5.41) is 7.64. The highest BCUT2D eigenvalue weighted by atomic mass is 16.2. The molecule has 0 spiro atoms. The lowest BCUT2D eigenvalue weighted by Gasteiger charge is -2.35. The van der Waals surface area contributed by atoms with E-state index in [-0.39, 0.29) is 5.78 Å². The Labute approximate surface area is 162 Å². The van der Waals surface area contributed by atoms with Crippen molar-refractivity contribution in [2.75, 3.05) is 39.8 Å². The van der Waals surface area contributed by atoms with Crippen LogP contribution in [0.2, 0.25) is 0 Å². The summed E-state index contributed by atoms with van der Waals surface area (Å²) >= 11 is 0. The number of Topliss-reactive ketones (excluding diaryl/α,β-unsaturated/α-hetero) is 1. The van der Waals surface area contributed by atoms with Gasteiger partial charge in [0.25, 0.3) is 0 Å². The van der Waals surface area contributed by atoms with Gasteiger partial charge in [0, 0.05) is 37.8 Å². The standard InChI is InChI=1S/C20H33N5O2/c1-16(26)14-23-7-3-17(4-8-23)11-20(27)24-9-5-19(6-10-24)25-15-18(12-21-2)13-22-25/h13,15,17,19,21H,3-12,14H2,1-2H3. The first-order chi connectivity index (χ1) is 13.0. The normalized spacial score (nSPS) is 20.1. The Balaban J connectivity index is 1.40. The molecular weight excluding hydrogens is 342 g/mol. The van der Waals surface area contributed by atoms with Crippen molar-refractivity contribution in [3.05, 3.63) is 18.0 Å². The topological polar surface area (TPSA) is 70.5 Å². The quantitative estimate of drug-likeness (QED) is 0.781. The van der Waals surface area contributed by atoms with Gasteiger partial charge in [-0.25, -0.2) is 0 Å². The summed E-state index contributed by atoms with van der Waals surface area (Å²) < 4.78 is 2.07. The first-order valence-corrected chi connectivity index (χ1v) is 10.2. The van der Waals surface area contributed by atoms with Crippen molar-refractivity contribution in [2.45, 2.75) is 51.6 Å². The van der Waals surface area contributed by atoms with E-state index in [9.17, 15) is 9.59 Å². The first-order valence-electron chi connectivity index (χ1n) is 10.2. The number of aromatic nitrogens is 2. The van der Waals surface area contributed by atoms with Crippen molar-refractivity contribution in [1.29, 1.82) is 0 Å². The lowest BCUT2D eigenvalue weighted by molar-refractivity contribution is -0.134. The summed E-state index contributed by atoms with van der Waals surface area (Å²) in [6.45, 7) is 6.56. The number of ketones is 1. The third kappa shape index (κ3) is 5.62. The van der Waals surface area contributed by atoms with Gasteiger partial charge < -0.3 is 10.2 Å². The Hall–Kier alpha value is -1.73. The van der Waals surface area contributed by atoms with Gasteiger partial charge in [0.1, 0.15) is 5.78 Å². The second-order valence-corrected chi connectivity index (χ2v) is 8.10. The first kappa shape index (κ1) is 20.0. The molecule has 2 aliphatic heterocycles. The summed E-state index contributed by atoms with van der Waals surface area (Å²) in [7, 11) is 1.94. The van der Waals surface area contributed by atoms with Crippen LogP contribution in [-0.4, -0.2) is 71.0 Å². The van der Waals surface area contributed by atoms with E-state index in [1.54, 1.807) is 6.92 Å². The van der Waals surface area contributed by atoms with Crippen LogP contribution in [0, 0.1) is 5.92 Å². The molecule has 0 atom stereocenters. The Morgan fingerprint density at radius 1 is 1.15 bits per heavy atom. The molecule has 3 rings (SSSR count). The van der Waals surface area contributed by atoms with Crippen molar-refractivity contribution >= 4 is 11.7 Å². The van der Waals surface area contributed by atoms with Crippen LogP contribution in [0.5, 0.6) is 0 Å². The second-order valence-electron chi connectivity index (χ2n) is 8.10. The van der Waals surface area contributed by atoms with E-state index < -0.39 is 0 Å². The van der Waals surface area contributed by atoms with Crippen LogP contribution in [-0.2, 0) is 16.1 Å². The van der Waals surface area contributed by atoms with Crippen LogP contribution in [0.25, 0.3) is 0 Å². The molecular formula is C20H33N5O2. The van der Waals surface area contributed by atoms with Gasteiger partial charge in [-0.05, 0) is 58.7 Å². The van der Waals surface area contributed by atoms with E-state index in [0.717, 1.165) is 58.4 Å². The van der Waals surface area contributed by atoms with E-state index >= 15 is 0 Å². The van der Waals surface area contributed by atoms with Crippen molar-refractivity contribution in [2.24, 2.45) is 5.92 Å². The third-order valence-electron chi connectivity index (χ3n) is 5.84. The average molecular weight is 376 g/mol. The van der Waals surface area contributed by atoms with Gasteiger partial charge in [-0.3, -0.25) is 19.2 Å². The number of nitrogens with one attached hydrogen (secondary N) is 1. The van der Waals surface area contributed by atoms with E-state index in [0.29, 0.717) is 30.8 Å². The minimum atomic E-state index is 0.225. The van der Waals surface area contributed by atoms with Crippen LogP contribution in [0.4, 0.5) is 0 Å². The molecule has 0 saturated carbocycles. The van der Waals surface area contributed by atoms with Crippen LogP contribution in [0.15, 0.2) is 12.4 Å². The molecule has 0 unspecified atom stereocenters. The highest BCUT2D eigenvalue weighted by molar-refractivity contribution is 5.77. The highest BCUT2D eigenvalue weighted by Crippen LogP contribution is 2.25. The zero-order valence-corrected chi connectivity index (χ0v) is 16.7. The fraction of sp³-hybridized carbons (Fsp3) is 0.750. The molecule has 0 aromatic carbocycles. The molecule has 150 valence electrons. The lowest BCUT2D eigenvalue weighted by Crippen LogP contribution is -2.42. The third-order valence-corrected chi connectivity index (χ3v) is 5.84. The molecule has 27 heavy (non-hydrogen) atoms. The van der Waals surface area contributed by atoms with Crippen molar-refractivity contribution in [3.8, 4) is 0 Å². The molecule has 3 heterocycles. The number of rotatable bonds is 7. The number of piperidine rings is 2. The molecule has 1 N–H and O–H groups in total. The lowest BCUT2D eigenvalue weighted by atomic mass is 9.92. The van der Waals surface area contributed by atoms with Gasteiger partial charge in [0.2, 0.25) is 5.91 Å². The average Bonchev–Trinajstić information content (AvgIpc) is 3.12. The summed E-state index contributed by atoms with van der Waals surface area (Å²) in [4.78, 5) is 28.2. The molecule has 0 aliphatic carbocycles. The van der Waals surface area contributed by atoms with Crippen LogP contribution in [0.3, 0.4) is 0 Å². The fourth-order valence-electron chi connectivity index (χ4n) is 4.29. The van der Waals surface area contributed by atoms with Crippen LogP contribution < -0.4 is 5.32 Å². The Kier molecular flexibility index (Phi) is 7.01. The van der Waals surface area contributed by atoms with Gasteiger partial charge in [0.15, 0.2) is 0 Å². The van der Waals surface area contributed by atoms with E-state index in [1.165, 1.54) is 5.56 Å². The maximum absolute atomic E-state index is 12.7. The Morgan fingerprint density at radius 2 is 1.85 bits per heavy atom. The maximum atomic E-state index is 12.7. The highest BCUT2D eigenvalue weighted by Gasteiger charge is 2.27. The molecule has 7 heteroatoms. The number of likely N-dealkylation sites (tertiary alicyclic amines) is 2. The molecule has 2 saturated heterocycles. The van der Waals surface area contributed by atoms with Crippen LogP contribution in [0.1, 0.15) is 50.6 Å². The molecule has 1 aromatic heterocycles. The van der Waals surface area contributed by atoms with E-state index in [1.807, 2.05) is 18.1 Å². The molecule has 0 bridgehead atoms. The molecule has 1 amide bonds. The van der Waals surface area contributed by atoms with E-state index in [2.05, 4.69) is 26.2 Å². The zero-order chi connectivity index (χ0) is 19.2. The monoisotopic (exact) mass is 375 g/mol. The molecule has 7 nitrogen and oxygen atoms in total. The summed E-state index contributed by atoms with van der Waals surface area (Å²) in [5.74, 6) is 0.992. The second kappa shape index (κ2) is 9.46. The molecule has 2 fully saturated rings. The summed E-state index contributed by atoms with van der Waals surface area (Å²) in [5.41, 5.74) is 1.20. The predicted octanol–water partition coefficient (Wildman–Crippen LogP) is 1.46. The van der Waals surface area contributed by atoms with Crippen molar-refractivity contribution < 1.29 is 9.59 Å². The Morgan fingerprint density at radius 3 is 2.48 bits per heavy atom. The largest absolute Gasteiger partial charge is 0.343 e. The van der Waals surface area contributed by atoms with Crippen molar-refractivity contribution in [1.82, 2.24) is 24.9 Å². The number of carbonyl (C=O) groups is 2. The SMILES string of the molecule is CNCc1cnn(C2CCN(C(=O)CC3CCN(CC(C)=O)CC3)CC2)c1. The van der Waals surface area contributed by atoms with Gasteiger partial charge in [-0.1, -0.05) is 0 Å². The fourth-order valence-corrected chi connectivity index (χ4v) is 4.29. The number of hydrogen-bond donors (Lipinski definition) is 1. The van der Waals surface area contributed by atoms with Gasteiger partial charge in [-0.15, -0.1) is 0 Å². The van der Waals surface area contributed by atoms with Gasteiger partial charge in [0.05, 0.1) is 18.8 Å². The molecule has 1 aromatic rings. The van der Waals surface area contributed by atoms with Crippen molar-refractivity contribution in [3.63, 3.8) is 0 Å². The molecule has 2 aliphatic rings. The van der Waals surface area contributed by atoms with Gasteiger partial charge >= 0.3 is 0 Å². The maximum Gasteiger partial charge on any atom is 0.222 e. The smallest absolute Gasteiger partial charge is 0.222 e. The summed E-state index contributed by atoms with van der Waals surface area (Å²) in [6, 6.07) is 0.398. The molecule has 0 radical (unpaired) electrons. The number of nitrogens with zero attached hydrogens (tertiary/aromatic N) is 4. The minimum Gasteiger partial charge on any atom is -0.343 e. The Bertz CT molecular complexity index is 628. The predicted molar refractivity (Wildman–Crippen MR) is 104 cm³/mol. The van der Waals surface area contributed by atoms with Crippen LogP contribution >= 0.6 is 0 Å².